The lowest BCUT2D eigenvalue weighted by molar-refractivity contribution is -0.164. The Morgan fingerprint density at radius 1 is 0.619 bits per heavy atom. The van der Waals surface area contributed by atoms with Crippen LogP contribution in [0.1, 0.15) is 136 Å². The van der Waals surface area contributed by atoms with Gasteiger partial charge in [0.25, 0.3) is 5.97 Å². The average molecular weight is 891 g/mol. The van der Waals surface area contributed by atoms with Crippen LogP contribution in [0.3, 0.4) is 0 Å². The zero-order valence-electron chi connectivity index (χ0n) is 39.2. The molecule has 20 unspecified atom stereocenters. The van der Waals surface area contributed by atoms with E-state index in [4.69, 9.17) is 38.7 Å². The molecule has 13 heteroatoms. The van der Waals surface area contributed by atoms with Crippen molar-refractivity contribution in [3.8, 4) is 0 Å². The fraction of sp³-hybridized carbons (Fsp3) is 0.900. The number of aliphatic hydroxyl groups is 3. The second kappa shape index (κ2) is 23.7. The molecule has 0 aromatic heterocycles. The summed E-state index contributed by atoms with van der Waals surface area (Å²) in [4.78, 5) is 54.9. The highest BCUT2D eigenvalue weighted by Crippen LogP contribution is 2.68. The normalized spacial score (nSPS) is 40.6. The van der Waals surface area contributed by atoms with Crippen LogP contribution < -0.4 is 0 Å². The fourth-order valence-corrected chi connectivity index (χ4v) is 15.9. The van der Waals surface area contributed by atoms with Gasteiger partial charge in [0.05, 0.1) is 37.1 Å². The van der Waals surface area contributed by atoms with Crippen LogP contribution in [0.4, 0.5) is 0 Å². The molecular weight excluding hydrogens is 809 g/mol. The van der Waals surface area contributed by atoms with Gasteiger partial charge in [-0.25, -0.2) is 0 Å². The van der Waals surface area contributed by atoms with Gasteiger partial charge in [0, 0.05) is 21.1 Å². The SMILES string of the molecule is C1CC2C3CCC(C3)C2C1.C=O.CC(=O)O.CCC(CC(CC(C)C(=O)OC)C(=O)OC1CC2CC1C1C3CCC(C3)C21)C(=O)OCOC.CO.OC1CC2C3CCC(C3)C2C1O. The van der Waals surface area contributed by atoms with Crippen molar-refractivity contribution in [1.82, 2.24) is 0 Å². The molecule has 10 rings (SSSR count). The van der Waals surface area contributed by atoms with E-state index in [0.717, 1.165) is 62.4 Å². The summed E-state index contributed by atoms with van der Waals surface area (Å²) in [5.74, 6) is 8.73. The molecular formula is C50H82O13. The van der Waals surface area contributed by atoms with Crippen LogP contribution in [0, 0.1) is 101 Å². The standard InChI is InChI=1S/C26H40O7.C10H16O2.C10H16.C2H4O2.CH4O.CH2O/c1-5-15(25(28)32-13-30-3)9-19(8-14(2)24(27)31-4)26(29)33-21-12-18-11-20(21)23-17-7-6-16(10-17)22(18)23;11-8-4-7-5-1-2-6(3-5)9(7)10(8)12;1-2-9-7-4-5-8(6-7)10(9)3-1;1-2(3)4;2*1-2/h14-23H,5-13H2,1-4H3;5-12H,1-4H2;7-10H,1-6H2;1H3,(H,3,4);2H,1H3;1H2. The number of hydrogen-bond acceptors (Lipinski definition) is 12. The molecule has 8 bridgehead atoms. The Hall–Kier alpha value is -2.61. The van der Waals surface area contributed by atoms with Gasteiger partial charge >= 0.3 is 17.9 Å². The van der Waals surface area contributed by atoms with Gasteiger partial charge in [-0.3, -0.25) is 19.2 Å². The van der Waals surface area contributed by atoms with E-state index in [0.29, 0.717) is 42.9 Å². The van der Waals surface area contributed by atoms with E-state index in [2.05, 4.69) is 0 Å². The van der Waals surface area contributed by atoms with E-state index >= 15 is 0 Å². The Morgan fingerprint density at radius 2 is 1.14 bits per heavy atom. The second-order valence-electron chi connectivity index (χ2n) is 20.9. The van der Waals surface area contributed by atoms with Crippen LogP contribution in [0.25, 0.3) is 0 Å². The third-order valence-electron chi connectivity index (χ3n) is 18.0. The first-order valence-electron chi connectivity index (χ1n) is 24.6. The molecule has 0 aromatic carbocycles. The summed E-state index contributed by atoms with van der Waals surface area (Å²) >= 11 is 0. The Labute approximate surface area is 376 Å². The summed E-state index contributed by atoms with van der Waals surface area (Å²) in [6.45, 7) is 6.63. The second-order valence-corrected chi connectivity index (χ2v) is 20.9. The van der Waals surface area contributed by atoms with Crippen molar-refractivity contribution < 1.29 is 63.3 Å². The molecule has 63 heavy (non-hydrogen) atoms. The van der Waals surface area contributed by atoms with Crippen molar-refractivity contribution >= 4 is 30.7 Å². The van der Waals surface area contributed by atoms with Gasteiger partial charge in [-0.1, -0.05) is 20.3 Å². The first kappa shape index (κ1) is 51.4. The quantitative estimate of drug-likeness (QED) is 0.0709. The molecule has 10 saturated carbocycles. The van der Waals surface area contributed by atoms with Crippen LogP contribution in [-0.2, 0) is 42.9 Å². The van der Waals surface area contributed by atoms with Crippen LogP contribution in [-0.4, -0.2) is 97.5 Å². The van der Waals surface area contributed by atoms with Crippen molar-refractivity contribution in [3.63, 3.8) is 0 Å². The van der Waals surface area contributed by atoms with Crippen molar-refractivity contribution in [3.05, 3.63) is 0 Å². The number of carbonyl (C=O) groups excluding carboxylic acids is 4. The van der Waals surface area contributed by atoms with E-state index in [-0.39, 0.29) is 30.8 Å². The van der Waals surface area contributed by atoms with Gasteiger partial charge in [0.1, 0.15) is 12.9 Å². The highest BCUT2D eigenvalue weighted by atomic mass is 16.7. The topological polar surface area (TPSA) is 203 Å². The number of hydrogen-bond donors (Lipinski definition) is 4. The van der Waals surface area contributed by atoms with Crippen molar-refractivity contribution in [1.29, 1.82) is 0 Å². The number of esters is 3. The van der Waals surface area contributed by atoms with Crippen LogP contribution in [0.15, 0.2) is 0 Å². The number of aliphatic hydroxyl groups excluding tert-OH is 3. The number of carbonyl (C=O) groups is 5. The molecule has 0 spiro atoms. The van der Waals surface area contributed by atoms with Gasteiger partial charge < -0.3 is 44.2 Å². The molecule has 360 valence electrons. The molecule has 10 fully saturated rings. The minimum Gasteiger partial charge on any atom is -0.481 e. The lowest BCUT2D eigenvalue weighted by Gasteiger charge is -2.38. The molecule has 0 saturated heterocycles. The maximum absolute atomic E-state index is 13.4. The predicted octanol–water partition coefficient (Wildman–Crippen LogP) is 7.10. The molecule has 0 amide bonds. The minimum atomic E-state index is -0.833. The molecule has 20 atom stereocenters. The van der Waals surface area contributed by atoms with E-state index in [1.807, 2.05) is 13.7 Å². The van der Waals surface area contributed by atoms with Crippen molar-refractivity contribution in [2.45, 2.75) is 155 Å². The number of methoxy groups -OCH3 is 2. The van der Waals surface area contributed by atoms with Crippen molar-refractivity contribution in [2.75, 3.05) is 28.1 Å². The highest BCUT2D eigenvalue weighted by Gasteiger charge is 2.63. The largest absolute Gasteiger partial charge is 0.481 e. The summed E-state index contributed by atoms with van der Waals surface area (Å²) < 4.78 is 21.0. The average Bonchev–Trinajstić information content (AvgIpc) is 4.14. The molecule has 0 aromatic rings. The molecule has 13 nitrogen and oxygen atoms in total. The Morgan fingerprint density at radius 3 is 1.70 bits per heavy atom. The third-order valence-corrected chi connectivity index (χ3v) is 18.0. The van der Waals surface area contributed by atoms with Crippen LogP contribution in [0.2, 0.25) is 0 Å². The summed E-state index contributed by atoms with van der Waals surface area (Å²) in [5.41, 5.74) is 0. The third kappa shape index (κ3) is 11.5. The summed E-state index contributed by atoms with van der Waals surface area (Å²) in [6.07, 6.45) is 21.0. The zero-order valence-corrected chi connectivity index (χ0v) is 39.2. The lowest BCUT2D eigenvalue weighted by atomic mass is 9.70. The maximum Gasteiger partial charge on any atom is 0.311 e. The number of rotatable bonds is 11. The van der Waals surface area contributed by atoms with Gasteiger partial charge in [-0.05, 0) is 192 Å². The van der Waals surface area contributed by atoms with E-state index in [1.54, 1.807) is 45.4 Å². The Balaban J connectivity index is 0.000000199. The Kier molecular flexibility index (Phi) is 19.3. The molecule has 10 aliphatic rings. The number of fused-ring (bicyclic) bond motifs is 19. The monoisotopic (exact) mass is 891 g/mol. The van der Waals surface area contributed by atoms with E-state index in [1.165, 1.54) is 82.8 Å². The summed E-state index contributed by atoms with van der Waals surface area (Å²) in [6, 6.07) is 0. The number of carboxylic acids is 1. The zero-order chi connectivity index (χ0) is 46.1. The molecule has 0 radical (unpaired) electrons. The first-order valence-corrected chi connectivity index (χ1v) is 24.6. The van der Waals surface area contributed by atoms with Crippen molar-refractivity contribution in [2.24, 2.45) is 101 Å². The molecule has 10 aliphatic carbocycles. The fourth-order valence-electron chi connectivity index (χ4n) is 15.9. The Bertz CT molecular complexity index is 1470. The molecule has 0 heterocycles. The van der Waals surface area contributed by atoms with Crippen LogP contribution in [0.5, 0.6) is 0 Å². The van der Waals surface area contributed by atoms with Gasteiger partial charge in [0.15, 0.2) is 6.79 Å². The predicted molar refractivity (Wildman–Crippen MR) is 234 cm³/mol. The molecule has 4 N–H and O–H groups in total. The smallest absolute Gasteiger partial charge is 0.311 e. The number of ether oxygens (including phenoxy) is 4. The van der Waals surface area contributed by atoms with Gasteiger partial charge in [0.2, 0.25) is 0 Å². The molecule has 0 aliphatic heterocycles. The minimum absolute atomic E-state index is 0.0143. The first-order chi connectivity index (χ1) is 30.3. The maximum atomic E-state index is 13.4. The van der Waals surface area contributed by atoms with E-state index in [9.17, 15) is 24.6 Å². The van der Waals surface area contributed by atoms with E-state index < -0.39 is 35.9 Å². The summed E-state index contributed by atoms with van der Waals surface area (Å²) in [7, 11) is 3.81. The number of aliphatic carboxylic acids is 1. The van der Waals surface area contributed by atoms with Gasteiger partial charge in [-0.2, -0.15) is 0 Å². The lowest BCUT2D eigenvalue weighted by Crippen LogP contribution is -2.39. The summed E-state index contributed by atoms with van der Waals surface area (Å²) in [5, 5.41) is 33.7. The number of carboxylic acid groups (broad SMARTS) is 1. The van der Waals surface area contributed by atoms with Gasteiger partial charge in [-0.15, -0.1) is 0 Å². The van der Waals surface area contributed by atoms with Crippen LogP contribution >= 0.6 is 0 Å². The highest BCUT2D eigenvalue weighted by molar-refractivity contribution is 5.78.